The number of rotatable bonds is 1. The number of nitrogens with two attached hydrogens (primary N) is 2. The number of carbonyl (C=O) groups is 1. The van der Waals surface area contributed by atoms with Gasteiger partial charge in [0, 0.05) is 0 Å². The van der Waals surface area contributed by atoms with Crippen molar-refractivity contribution >= 4 is 5.78 Å². The molecular formula is C4H12N2O2. The number of hydrogen-bond donors (Lipinski definition) is 3. The lowest BCUT2D eigenvalue weighted by molar-refractivity contribution is -0.124. The number of hydrazine groups is 1. The van der Waals surface area contributed by atoms with Gasteiger partial charge in [0.2, 0.25) is 0 Å². The van der Waals surface area contributed by atoms with Crippen LogP contribution in [-0.4, -0.2) is 17.0 Å². The molecule has 0 fully saturated rings. The van der Waals surface area contributed by atoms with Crippen molar-refractivity contribution < 1.29 is 9.90 Å². The molecule has 0 aliphatic heterocycles. The molecule has 5 N–H and O–H groups in total. The van der Waals surface area contributed by atoms with E-state index in [-0.39, 0.29) is 5.78 Å². The van der Waals surface area contributed by atoms with Gasteiger partial charge in [-0.25, -0.2) is 0 Å². The van der Waals surface area contributed by atoms with Crippen molar-refractivity contribution in [2.75, 3.05) is 0 Å². The van der Waals surface area contributed by atoms with Crippen molar-refractivity contribution in [2.24, 2.45) is 11.7 Å². The average molecular weight is 120 g/mol. The van der Waals surface area contributed by atoms with E-state index < -0.39 is 6.10 Å². The van der Waals surface area contributed by atoms with Crippen LogP contribution in [0.2, 0.25) is 0 Å². The Balaban J connectivity index is 0. The Hall–Kier alpha value is -0.450. The van der Waals surface area contributed by atoms with Crippen molar-refractivity contribution in [1.29, 1.82) is 0 Å². The van der Waals surface area contributed by atoms with Crippen molar-refractivity contribution in [3.05, 3.63) is 0 Å². The maximum atomic E-state index is 9.89. The largest absolute Gasteiger partial charge is 0.386 e. The minimum atomic E-state index is -0.787. The number of carbonyl (C=O) groups excluding carboxylic acids is 1. The molecule has 0 amide bonds. The molecule has 0 saturated heterocycles. The summed E-state index contributed by atoms with van der Waals surface area (Å²) in [4.78, 5) is 9.89. The van der Waals surface area contributed by atoms with Gasteiger partial charge in [0.1, 0.15) is 6.10 Å². The minimum Gasteiger partial charge on any atom is -0.386 e. The van der Waals surface area contributed by atoms with Gasteiger partial charge in [-0.3, -0.25) is 16.5 Å². The highest BCUT2D eigenvalue weighted by Crippen LogP contribution is 1.76. The topological polar surface area (TPSA) is 89.3 Å². The molecule has 1 unspecified atom stereocenters. The molecule has 0 aromatic rings. The van der Waals surface area contributed by atoms with E-state index in [9.17, 15) is 4.79 Å². The van der Waals surface area contributed by atoms with Crippen molar-refractivity contribution in [1.82, 2.24) is 0 Å². The first-order chi connectivity index (χ1) is 3.64. The second-order valence-corrected chi connectivity index (χ2v) is 1.29. The van der Waals surface area contributed by atoms with Crippen LogP contribution in [0.4, 0.5) is 0 Å². The predicted octanol–water partition coefficient (Wildman–Crippen LogP) is -1.22. The van der Waals surface area contributed by atoms with Crippen LogP contribution in [0.5, 0.6) is 0 Å². The predicted molar refractivity (Wildman–Crippen MR) is 30.7 cm³/mol. The lowest BCUT2D eigenvalue weighted by atomic mass is 10.3. The summed E-state index contributed by atoms with van der Waals surface area (Å²) >= 11 is 0. The molecule has 4 nitrogen and oxygen atoms in total. The minimum absolute atomic E-state index is 0.185. The van der Waals surface area contributed by atoms with Gasteiger partial charge in [0.05, 0.1) is 0 Å². The number of Topliss-reactive ketones (excluding diaryl/α,β-unsaturated/α-hetero) is 1. The van der Waals surface area contributed by atoms with E-state index in [1.54, 1.807) is 0 Å². The Labute approximate surface area is 48.4 Å². The van der Waals surface area contributed by atoms with Crippen molar-refractivity contribution in [3.8, 4) is 0 Å². The van der Waals surface area contributed by atoms with Crippen molar-refractivity contribution in [2.45, 2.75) is 20.0 Å². The lowest BCUT2D eigenvalue weighted by Crippen LogP contribution is -2.10. The molecule has 0 heterocycles. The van der Waals surface area contributed by atoms with Gasteiger partial charge < -0.3 is 5.11 Å². The quantitative estimate of drug-likeness (QED) is 0.299. The standard InChI is InChI=1S/C4H8O2.H4N2/c1-3(5)4(2)6;1-2/h3,5H,1-2H3;1-2H2. The Morgan fingerprint density at radius 3 is 1.75 bits per heavy atom. The Morgan fingerprint density at radius 1 is 1.62 bits per heavy atom. The molecule has 1 atom stereocenters. The maximum Gasteiger partial charge on any atom is 0.157 e. The Morgan fingerprint density at radius 2 is 1.75 bits per heavy atom. The summed E-state index contributed by atoms with van der Waals surface area (Å²) in [5.41, 5.74) is 0. The average Bonchev–Trinajstić information content (AvgIpc) is 1.72. The van der Waals surface area contributed by atoms with E-state index in [0.29, 0.717) is 0 Å². The first kappa shape index (κ1) is 10.5. The molecule has 0 aliphatic carbocycles. The summed E-state index contributed by atoms with van der Waals surface area (Å²) in [6, 6.07) is 0. The monoisotopic (exact) mass is 120 g/mol. The normalized spacial score (nSPS) is 11.1. The van der Waals surface area contributed by atoms with Crippen LogP contribution in [0.1, 0.15) is 13.8 Å². The van der Waals surface area contributed by atoms with E-state index >= 15 is 0 Å². The fourth-order valence-corrected chi connectivity index (χ4v) is 0. The van der Waals surface area contributed by atoms with Gasteiger partial charge in [-0.1, -0.05) is 0 Å². The van der Waals surface area contributed by atoms with Crippen LogP contribution < -0.4 is 11.7 Å². The van der Waals surface area contributed by atoms with Crippen LogP contribution in [0.25, 0.3) is 0 Å². The van der Waals surface area contributed by atoms with Crippen LogP contribution >= 0.6 is 0 Å². The summed E-state index contributed by atoms with van der Waals surface area (Å²) in [6.07, 6.45) is -0.787. The lowest BCUT2D eigenvalue weighted by Gasteiger charge is -1.90. The zero-order valence-electron chi connectivity index (χ0n) is 5.09. The summed E-state index contributed by atoms with van der Waals surface area (Å²) in [7, 11) is 0. The molecule has 0 aliphatic rings. The first-order valence-electron chi connectivity index (χ1n) is 2.16. The molecule has 0 saturated carbocycles. The molecule has 0 aromatic heterocycles. The highest BCUT2D eigenvalue weighted by molar-refractivity contribution is 5.79. The van der Waals surface area contributed by atoms with Gasteiger partial charge in [-0.05, 0) is 13.8 Å². The van der Waals surface area contributed by atoms with Crippen LogP contribution in [0, 0.1) is 0 Å². The summed E-state index contributed by atoms with van der Waals surface area (Å²) in [5, 5.41) is 8.28. The van der Waals surface area contributed by atoms with E-state index in [4.69, 9.17) is 5.11 Å². The SMILES string of the molecule is CC(=O)C(C)O.NN. The molecule has 0 bridgehead atoms. The van der Waals surface area contributed by atoms with Gasteiger partial charge in [-0.15, -0.1) is 0 Å². The Bertz CT molecular complexity index is 63.1. The Kier molecular flexibility index (Phi) is 8.61. The summed E-state index contributed by atoms with van der Waals surface area (Å²) in [6.45, 7) is 2.80. The molecule has 0 aromatic carbocycles. The zero-order chi connectivity index (χ0) is 7.15. The van der Waals surface area contributed by atoms with Crippen molar-refractivity contribution in [3.63, 3.8) is 0 Å². The molecule has 0 spiro atoms. The third-order valence-corrected chi connectivity index (χ3v) is 0.588. The molecule has 0 radical (unpaired) electrons. The number of aliphatic hydroxyl groups is 1. The third kappa shape index (κ3) is 9.12. The highest BCUT2D eigenvalue weighted by atomic mass is 16.3. The van der Waals surface area contributed by atoms with Gasteiger partial charge >= 0.3 is 0 Å². The number of hydrogen-bond acceptors (Lipinski definition) is 4. The van der Waals surface area contributed by atoms with E-state index in [1.807, 2.05) is 0 Å². The fourth-order valence-electron chi connectivity index (χ4n) is 0. The van der Waals surface area contributed by atoms with Gasteiger partial charge in [0.25, 0.3) is 0 Å². The molecule has 8 heavy (non-hydrogen) atoms. The van der Waals surface area contributed by atoms with E-state index in [2.05, 4.69) is 11.7 Å². The third-order valence-electron chi connectivity index (χ3n) is 0.588. The first-order valence-corrected chi connectivity index (χ1v) is 2.16. The second kappa shape index (κ2) is 6.55. The fraction of sp³-hybridized carbons (Fsp3) is 0.750. The van der Waals surface area contributed by atoms with Crippen LogP contribution in [0.3, 0.4) is 0 Å². The molecule has 0 rings (SSSR count). The van der Waals surface area contributed by atoms with E-state index in [1.165, 1.54) is 13.8 Å². The van der Waals surface area contributed by atoms with E-state index in [0.717, 1.165) is 0 Å². The molecular weight excluding hydrogens is 108 g/mol. The highest BCUT2D eigenvalue weighted by Gasteiger charge is 1.97. The molecule has 50 valence electrons. The van der Waals surface area contributed by atoms with Gasteiger partial charge in [-0.2, -0.15) is 0 Å². The molecule has 4 heteroatoms. The van der Waals surface area contributed by atoms with Gasteiger partial charge in [0.15, 0.2) is 5.78 Å². The van der Waals surface area contributed by atoms with Crippen LogP contribution in [0.15, 0.2) is 0 Å². The smallest absolute Gasteiger partial charge is 0.157 e. The zero-order valence-corrected chi connectivity index (χ0v) is 5.09. The second-order valence-electron chi connectivity index (χ2n) is 1.29. The van der Waals surface area contributed by atoms with Crippen LogP contribution in [-0.2, 0) is 4.79 Å². The number of ketones is 1. The number of aliphatic hydroxyl groups excluding tert-OH is 1. The summed E-state index contributed by atoms with van der Waals surface area (Å²) < 4.78 is 0. The maximum absolute atomic E-state index is 9.89. The summed E-state index contributed by atoms with van der Waals surface area (Å²) in [5.74, 6) is 7.81.